The molecule has 0 radical (unpaired) electrons. The predicted molar refractivity (Wildman–Crippen MR) is 96.5 cm³/mol. The lowest BCUT2D eigenvalue weighted by molar-refractivity contribution is -0.118. The van der Waals surface area contributed by atoms with Crippen molar-refractivity contribution in [3.63, 3.8) is 0 Å². The summed E-state index contributed by atoms with van der Waals surface area (Å²) in [5, 5.41) is 3.10. The highest BCUT2D eigenvalue weighted by Gasteiger charge is 2.19. The van der Waals surface area contributed by atoms with Crippen molar-refractivity contribution in [1.29, 1.82) is 0 Å². The summed E-state index contributed by atoms with van der Waals surface area (Å²) >= 11 is 5.87. The van der Waals surface area contributed by atoms with Crippen LogP contribution in [0.25, 0.3) is 0 Å². The van der Waals surface area contributed by atoms with Gasteiger partial charge in [0, 0.05) is 17.2 Å². The van der Waals surface area contributed by atoms with E-state index in [0.717, 1.165) is 0 Å². The van der Waals surface area contributed by atoms with Gasteiger partial charge in [0.2, 0.25) is 0 Å². The minimum atomic E-state index is -0.628. The molecule has 0 atom stereocenters. The van der Waals surface area contributed by atoms with Gasteiger partial charge in [0.05, 0.1) is 32.6 Å². The third-order valence-corrected chi connectivity index (χ3v) is 3.60. The monoisotopic (exact) mass is 379 g/mol. The van der Waals surface area contributed by atoms with Crippen LogP contribution < -0.4 is 19.5 Å². The minimum absolute atomic E-state index is 0.126. The summed E-state index contributed by atoms with van der Waals surface area (Å²) < 4.78 is 20.5. The Morgan fingerprint density at radius 3 is 2.35 bits per heavy atom. The van der Waals surface area contributed by atoms with Gasteiger partial charge in [-0.25, -0.2) is 4.79 Å². The van der Waals surface area contributed by atoms with Crippen LogP contribution in [0.5, 0.6) is 17.2 Å². The molecule has 0 aliphatic heterocycles. The molecule has 7 nitrogen and oxygen atoms in total. The molecule has 2 aromatic carbocycles. The molecule has 2 rings (SSSR count). The van der Waals surface area contributed by atoms with Gasteiger partial charge >= 0.3 is 5.97 Å². The van der Waals surface area contributed by atoms with Gasteiger partial charge in [-0.15, -0.1) is 0 Å². The van der Waals surface area contributed by atoms with Crippen LogP contribution in [-0.4, -0.2) is 39.8 Å². The molecular weight excluding hydrogens is 362 g/mol. The maximum absolute atomic E-state index is 12.2. The van der Waals surface area contributed by atoms with Crippen LogP contribution >= 0.6 is 11.6 Å². The topological polar surface area (TPSA) is 83.1 Å². The maximum atomic E-state index is 12.2. The van der Waals surface area contributed by atoms with Crippen molar-refractivity contribution < 1.29 is 28.5 Å². The van der Waals surface area contributed by atoms with Crippen molar-refractivity contribution in [2.75, 3.05) is 33.3 Å². The third-order valence-electron chi connectivity index (χ3n) is 3.37. The zero-order valence-corrected chi connectivity index (χ0v) is 15.3. The Morgan fingerprint density at radius 1 is 1.04 bits per heavy atom. The van der Waals surface area contributed by atoms with Crippen molar-refractivity contribution in [1.82, 2.24) is 0 Å². The summed E-state index contributed by atoms with van der Waals surface area (Å²) in [4.78, 5) is 24.2. The van der Waals surface area contributed by atoms with Gasteiger partial charge in [-0.2, -0.15) is 0 Å². The molecule has 8 heteroatoms. The van der Waals surface area contributed by atoms with Crippen molar-refractivity contribution in [3.8, 4) is 17.2 Å². The van der Waals surface area contributed by atoms with E-state index < -0.39 is 11.9 Å². The number of nitrogens with one attached hydrogen (secondary N) is 1. The molecule has 138 valence electrons. The van der Waals surface area contributed by atoms with Crippen LogP contribution in [0.15, 0.2) is 36.4 Å². The van der Waals surface area contributed by atoms with E-state index in [2.05, 4.69) is 5.32 Å². The summed E-state index contributed by atoms with van der Waals surface area (Å²) in [6, 6.07) is 9.57. The third kappa shape index (κ3) is 4.80. The van der Waals surface area contributed by atoms with E-state index in [4.69, 9.17) is 30.5 Å². The number of hydrogen-bond acceptors (Lipinski definition) is 6. The second kappa shape index (κ2) is 8.96. The van der Waals surface area contributed by atoms with Gasteiger partial charge in [0.1, 0.15) is 5.75 Å². The normalized spacial score (nSPS) is 10.0. The number of rotatable bonds is 7. The standard InChI is InChI=1S/C18H18ClNO6/c1-23-15-8-13(18(22)25-3)14(9-16(15)24-2)20-17(21)10-26-12-6-4-5-11(19)7-12/h4-9H,10H2,1-3H3,(H,20,21). The summed E-state index contributed by atoms with van der Waals surface area (Å²) in [7, 11) is 4.13. The van der Waals surface area contributed by atoms with Crippen LogP contribution in [0.4, 0.5) is 5.69 Å². The van der Waals surface area contributed by atoms with Crippen LogP contribution in [0.1, 0.15) is 10.4 Å². The number of hydrogen-bond donors (Lipinski definition) is 1. The van der Waals surface area contributed by atoms with Gasteiger partial charge in [-0.05, 0) is 18.2 Å². The second-order valence-electron chi connectivity index (χ2n) is 5.04. The first-order valence-electron chi connectivity index (χ1n) is 7.51. The van der Waals surface area contributed by atoms with Crippen LogP contribution in [-0.2, 0) is 9.53 Å². The minimum Gasteiger partial charge on any atom is -0.493 e. The average Bonchev–Trinajstić information content (AvgIpc) is 2.65. The summed E-state index contributed by atoms with van der Waals surface area (Å²) in [6.45, 7) is -0.269. The molecule has 0 aliphatic rings. The van der Waals surface area contributed by atoms with E-state index in [9.17, 15) is 9.59 Å². The van der Waals surface area contributed by atoms with Crippen LogP contribution in [0.3, 0.4) is 0 Å². The number of carbonyl (C=O) groups excluding carboxylic acids is 2. The summed E-state index contributed by atoms with van der Waals surface area (Å²) in [5.74, 6) is 0.0415. The lowest BCUT2D eigenvalue weighted by atomic mass is 10.1. The van der Waals surface area contributed by atoms with E-state index >= 15 is 0 Å². The molecule has 1 N–H and O–H groups in total. The van der Waals surface area contributed by atoms with Crippen LogP contribution in [0.2, 0.25) is 5.02 Å². The predicted octanol–water partition coefficient (Wildman–Crippen LogP) is 3.16. The molecule has 0 spiro atoms. The molecule has 0 fully saturated rings. The Kier molecular flexibility index (Phi) is 6.68. The lowest BCUT2D eigenvalue weighted by Crippen LogP contribution is -2.22. The molecule has 0 bridgehead atoms. The van der Waals surface area contributed by atoms with Gasteiger partial charge < -0.3 is 24.3 Å². The zero-order valence-electron chi connectivity index (χ0n) is 14.5. The van der Waals surface area contributed by atoms with Crippen molar-refractivity contribution in [2.45, 2.75) is 0 Å². The number of benzene rings is 2. The van der Waals surface area contributed by atoms with Gasteiger partial charge in [0.25, 0.3) is 5.91 Å². The number of amides is 1. The Bertz CT molecular complexity index is 808. The molecule has 26 heavy (non-hydrogen) atoms. The van der Waals surface area contributed by atoms with E-state index in [-0.39, 0.29) is 17.9 Å². The Balaban J connectivity index is 2.18. The van der Waals surface area contributed by atoms with Gasteiger partial charge in [-0.3, -0.25) is 4.79 Å². The van der Waals surface area contributed by atoms with Gasteiger partial charge in [-0.1, -0.05) is 17.7 Å². The molecule has 0 aromatic heterocycles. The van der Waals surface area contributed by atoms with Gasteiger partial charge in [0.15, 0.2) is 18.1 Å². The molecular formula is C18H18ClNO6. The number of ether oxygens (including phenoxy) is 4. The van der Waals surface area contributed by atoms with E-state index in [1.807, 2.05) is 0 Å². The highest BCUT2D eigenvalue weighted by atomic mass is 35.5. The van der Waals surface area contributed by atoms with Crippen molar-refractivity contribution in [3.05, 3.63) is 47.0 Å². The maximum Gasteiger partial charge on any atom is 0.340 e. The highest BCUT2D eigenvalue weighted by Crippen LogP contribution is 2.33. The molecule has 0 unspecified atom stereocenters. The molecule has 0 heterocycles. The number of esters is 1. The molecule has 0 aliphatic carbocycles. The number of anilines is 1. The Labute approximate surface area is 155 Å². The fourth-order valence-corrected chi connectivity index (χ4v) is 2.33. The van der Waals surface area contributed by atoms with E-state index in [1.165, 1.54) is 33.5 Å². The summed E-state index contributed by atoms with van der Waals surface area (Å²) in [5.41, 5.74) is 0.343. The smallest absolute Gasteiger partial charge is 0.340 e. The molecule has 0 saturated heterocycles. The van der Waals surface area contributed by atoms with Crippen molar-refractivity contribution in [2.24, 2.45) is 0 Å². The molecule has 1 amide bonds. The zero-order chi connectivity index (χ0) is 19.1. The number of carbonyl (C=O) groups is 2. The first kappa shape index (κ1) is 19.4. The number of halogens is 1. The second-order valence-corrected chi connectivity index (χ2v) is 5.48. The average molecular weight is 380 g/mol. The van der Waals surface area contributed by atoms with Crippen molar-refractivity contribution >= 4 is 29.2 Å². The highest BCUT2D eigenvalue weighted by molar-refractivity contribution is 6.30. The number of methoxy groups -OCH3 is 3. The first-order chi connectivity index (χ1) is 12.5. The fourth-order valence-electron chi connectivity index (χ4n) is 2.15. The Hall–Kier alpha value is -2.93. The van der Waals surface area contributed by atoms with E-state index in [1.54, 1.807) is 24.3 Å². The first-order valence-corrected chi connectivity index (χ1v) is 7.88. The molecule has 0 saturated carbocycles. The summed E-state index contributed by atoms with van der Waals surface area (Å²) in [6.07, 6.45) is 0. The lowest BCUT2D eigenvalue weighted by Gasteiger charge is -2.15. The quantitative estimate of drug-likeness (QED) is 0.744. The molecule has 2 aromatic rings. The SMILES string of the molecule is COC(=O)c1cc(OC)c(OC)cc1NC(=O)COc1cccc(Cl)c1. The fraction of sp³-hybridized carbons (Fsp3) is 0.222. The largest absolute Gasteiger partial charge is 0.493 e. The van der Waals surface area contributed by atoms with Crippen LogP contribution in [0, 0.1) is 0 Å². The Morgan fingerprint density at radius 2 is 1.73 bits per heavy atom. The van der Waals surface area contributed by atoms with E-state index in [0.29, 0.717) is 22.3 Å².